The van der Waals surface area contributed by atoms with Crippen molar-refractivity contribution >= 4 is 23.3 Å². The lowest BCUT2D eigenvalue weighted by atomic mass is 10.1. The Morgan fingerprint density at radius 3 is 2.32 bits per heavy atom. The zero-order valence-corrected chi connectivity index (χ0v) is 18.0. The third kappa shape index (κ3) is 7.29. The van der Waals surface area contributed by atoms with Crippen molar-refractivity contribution in [1.29, 1.82) is 0 Å². The van der Waals surface area contributed by atoms with Crippen LogP contribution >= 0.6 is 0 Å². The molecule has 7 heteroatoms. The van der Waals surface area contributed by atoms with Gasteiger partial charge in [0.05, 0.1) is 12.7 Å². The van der Waals surface area contributed by atoms with E-state index < -0.39 is 12.6 Å². The minimum Gasteiger partial charge on any atom is -0.493 e. The minimum absolute atomic E-state index is 0.0839. The number of carbonyl (C=O) groups is 3. The Kier molecular flexibility index (Phi) is 8.81. The first-order valence-electron chi connectivity index (χ1n) is 9.86. The summed E-state index contributed by atoms with van der Waals surface area (Å²) in [5, 5.41) is 2.78. The van der Waals surface area contributed by atoms with Gasteiger partial charge >= 0.3 is 5.97 Å². The number of hydrogen-bond acceptors (Lipinski definition) is 6. The average molecular weight is 425 g/mol. The summed E-state index contributed by atoms with van der Waals surface area (Å²) in [6.07, 6.45) is 2.02. The number of ether oxygens (including phenoxy) is 3. The van der Waals surface area contributed by atoms with Crippen molar-refractivity contribution in [3.05, 3.63) is 66.2 Å². The van der Waals surface area contributed by atoms with Crippen LogP contribution in [0.25, 0.3) is 0 Å². The maximum atomic E-state index is 12.3. The van der Waals surface area contributed by atoms with Crippen LogP contribution in [0.3, 0.4) is 0 Å². The quantitative estimate of drug-likeness (QED) is 0.328. The second-order valence-electron chi connectivity index (χ2n) is 7.19. The summed E-state index contributed by atoms with van der Waals surface area (Å²) < 4.78 is 15.8. The summed E-state index contributed by atoms with van der Waals surface area (Å²) >= 11 is 0. The molecular weight excluding hydrogens is 398 g/mol. The van der Waals surface area contributed by atoms with Crippen molar-refractivity contribution in [3.63, 3.8) is 0 Å². The van der Waals surface area contributed by atoms with E-state index in [-0.39, 0.29) is 23.2 Å². The van der Waals surface area contributed by atoms with Crippen LogP contribution in [-0.4, -0.2) is 38.0 Å². The number of amides is 1. The number of ketones is 1. The van der Waals surface area contributed by atoms with Crippen LogP contribution in [0.15, 0.2) is 55.1 Å². The lowest BCUT2D eigenvalue weighted by Gasteiger charge is -2.11. The molecule has 0 fully saturated rings. The number of esters is 1. The first-order valence-corrected chi connectivity index (χ1v) is 9.86. The Morgan fingerprint density at radius 2 is 1.71 bits per heavy atom. The molecule has 0 atom stereocenters. The topological polar surface area (TPSA) is 90.9 Å². The molecule has 0 aliphatic rings. The third-order valence-electron chi connectivity index (χ3n) is 4.17. The molecule has 0 saturated carbocycles. The molecular formula is C24H27NO6. The highest BCUT2D eigenvalue weighted by Crippen LogP contribution is 2.28. The van der Waals surface area contributed by atoms with Crippen LogP contribution in [0.1, 0.15) is 41.0 Å². The summed E-state index contributed by atoms with van der Waals surface area (Å²) in [7, 11) is 1.46. The molecule has 164 valence electrons. The van der Waals surface area contributed by atoms with Crippen molar-refractivity contribution in [2.24, 2.45) is 5.92 Å². The number of benzene rings is 2. The third-order valence-corrected chi connectivity index (χ3v) is 4.17. The van der Waals surface area contributed by atoms with E-state index in [1.54, 1.807) is 36.4 Å². The molecule has 2 rings (SSSR count). The van der Waals surface area contributed by atoms with E-state index in [0.717, 1.165) is 0 Å². The zero-order valence-electron chi connectivity index (χ0n) is 18.0. The van der Waals surface area contributed by atoms with Crippen LogP contribution in [0, 0.1) is 5.92 Å². The Morgan fingerprint density at radius 1 is 1.03 bits per heavy atom. The van der Waals surface area contributed by atoms with Crippen LogP contribution < -0.4 is 14.8 Å². The van der Waals surface area contributed by atoms with Crippen LogP contribution in [0.2, 0.25) is 0 Å². The molecule has 0 aliphatic carbocycles. The molecule has 1 N–H and O–H groups in total. The second kappa shape index (κ2) is 11.5. The van der Waals surface area contributed by atoms with Gasteiger partial charge in [-0.1, -0.05) is 26.5 Å². The summed E-state index contributed by atoms with van der Waals surface area (Å²) in [5.41, 5.74) is 1.21. The van der Waals surface area contributed by atoms with Crippen molar-refractivity contribution in [2.75, 3.05) is 25.6 Å². The Balaban J connectivity index is 1.93. The van der Waals surface area contributed by atoms with Gasteiger partial charge in [-0.2, -0.15) is 0 Å². The van der Waals surface area contributed by atoms with E-state index >= 15 is 0 Å². The van der Waals surface area contributed by atoms with Crippen LogP contribution in [0.5, 0.6) is 11.5 Å². The van der Waals surface area contributed by atoms with E-state index in [2.05, 4.69) is 11.9 Å². The summed E-state index contributed by atoms with van der Waals surface area (Å²) in [6, 6.07) is 11.0. The fourth-order valence-corrected chi connectivity index (χ4v) is 2.68. The highest BCUT2D eigenvalue weighted by molar-refractivity contribution is 6.00. The van der Waals surface area contributed by atoms with E-state index in [9.17, 15) is 14.4 Å². The number of methoxy groups -OCH3 is 1. The number of rotatable bonds is 11. The number of carbonyl (C=O) groups excluding carboxylic acids is 3. The van der Waals surface area contributed by atoms with E-state index in [1.807, 2.05) is 13.8 Å². The SMILES string of the molecule is C=CCOc1ccc(C(=O)OCC(=O)c2ccc(NC(=O)CC(C)C)cc2)cc1OC. The minimum atomic E-state index is -0.653. The van der Waals surface area contributed by atoms with Gasteiger partial charge in [0.1, 0.15) is 6.61 Å². The van der Waals surface area contributed by atoms with Crippen LogP contribution in [-0.2, 0) is 9.53 Å². The highest BCUT2D eigenvalue weighted by atomic mass is 16.5. The lowest BCUT2D eigenvalue weighted by molar-refractivity contribution is -0.116. The van der Waals surface area contributed by atoms with Gasteiger partial charge in [-0.05, 0) is 48.4 Å². The molecule has 0 heterocycles. The normalized spacial score (nSPS) is 10.3. The van der Waals surface area contributed by atoms with Gasteiger partial charge in [-0.25, -0.2) is 4.79 Å². The fraction of sp³-hybridized carbons (Fsp3) is 0.292. The molecule has 1 amide bonds. The predicted molar refractivity (Wildman–Crippen MR) is 118 cm³/mol. The van der Waals surface area contributed by atoms with Gasteiger partial charge in [0.15, 0.2) is 23.9 Å². The smallest absolute Gasteiger partial charge is 0.338 e. The maximum Gasteiger partial charge on any atom is 0.338 e. The molecule has 0 aliphatic heterocycles. The number of hydrogen-bond donors (Lipinski definition) is 1. The van der Waals surface area contributed by atoms with Crippen molar-refractivity contribution in [3.8, 4) is 11.5 Å². The van der Waals surface area contributed by atoms with Crippen molar-refractivity contribution < 1.29 is 28.6 Å². The standard InChI is InChI=1S/C24H27NO6/c1-5-12-30-21-11-8-18(14-22(21)29-4)24(28)31-15-20(26)17-6-9-19(10-7-17)25-23(27)13-16(2)3/h5-11,14,16H,1,12-13,15H2,2-4H3,(H,25,27). The molecule has 0 saturated heterocycles. The van der Waals surface area contributed by atoms with Gasteiger partial charge in [-0.15, -0.1) is 0 Å². The largest absolute Gasteiger partial charge is 0.493 e. The molecule has 0 spiro atoms. The van der Waals surface area contributed by atoms with Gasteiger partial charge in [0.2, 0.25) is 5.91 Å². The average Bonchev–Trinajstić information content (AvgIpc) is 2.75. The first-order chi connectivity index (χ1) is 14.8. The first kappa shape index (κ1) is 23.7. The van der Waals surface area contributed by atoms with Gasteiger partial charge in [-0.3, -0.25) is 9.59 Å². The fourth-order valence-electron chi connectivity index (χ4n) is 2.68. The summed E-state index contributed by atoms with van der Waals surface area (Å²) in [4.78, 5) is 36.5. The second-order valence-corrected chi connectivity index (χ2v) is 7.19. The summed E-state index contributed by atoms with van der Waals surface area (Å²) in [5.74, 6) is 0.00449. The van der Waals surface area contributed by atoms with Crippen LogP contribution in [0.4, 0.5) is 5.69 Å². The zero-order chi connectivity index (χ0) is 22.8. The monoisotopic (exact) mass is 425 g/mol. The Hall–Kier alpha value is -3.61. The van der Waals surface area contributed by atoms with E-state index in [1.165, 1.54) is 19.2 Å². The molecule has 0 aromatic heterocycles. The van der Waals surface area contributed by atoms with E-state index in [4.69, 9.17) is 14.2 Å². The number of anilines is 1. The Bertz CT molecular complexity index is 934. The molecule has 7 nitrogen and oxygen atoms in total. The van der Waals surface area contributed by atoms with Gasteiger partial charge < -0.3 is 19.5 Å². The van der Waals surface area contributed by atoms with Gasteiger partial charge in [0.25, 0.3) is 0 Å². The highest BCUT2D eigenvalue weighted by Gasteiger charge is 2.15. The van der Waals surface area contributed by atoms with Gasteiger partial charge in [0, 0.05) is 17.7 Å². The van der Waals surface area contributed by atoms with E-state index in [0.29, 0.717) is 35.8 Å². The molecule has 0 radical (unpaired) electrons. The molecule has 0 bridgehead atoms. The molecule has 2 aromatic rings. The molecule has 31 heavy (non-hydrogen) atoms. The Labute approximate surface area is 182 Å². The molecule has 2 aromatic carbocycles. The maximum absolute atomic E-state index is 12.3. The molecule has 0 unspecified atom stereocenters. The summed E-state index contributed by atoms with van der Waals surface area (Å²) in [6.45, 7) is 7.40. The van der Waals surface area contributed by atoms with Crippen molar-refractivity contribution in [1.82, 2.24) is 0 Å². The predicted octanol–water partition coefficient (Wildman–Crippen LogP) is 4.28. The number of Topliss-reactive ketones (excluding diaryl/α,β-unsaturated/α-hetero) is 1. The lowest BCUT2D eigenvalue weighted by Crippen LogP contribution is -2.15. The number of nitrogens with one attached hydrogen (secondary N) is 1. The van der Waals surface area contributed by atoms with Crippen molar-refractivity contribution in [2.45, 2.75) is 20.3 Å².